The highest BCUT2D eigenvalue weighted by atomic mass is 32.1. The van der Waals surface area contributed by atoms with Gasteiger partial charge in [-0.2, -0.15) is 0 Å². The highest BCUT2D eigenvalue weighted by Gasteiger charge is 2.22. The molecule has 0 aliphatic rings. The van der Waals surface area contributed by atoms with Gasteiger partial charge in [-0.05, 0) is 136 Å². The summed E-state index contributed by atoms with van der Waals surface area (Å²) in [6.45, 7) is 0. The van der Waals surface area contributed by atoms with E-state index in [2.05, 4.69) is 266 Å². The summed E-state index contributed by atoms with van der Waals surface area (Å²) in [6.07, 6.45) is 0. The summed E-state index contributed by atoms with van der Waals surface area (Å²) < 4.78 is 2.57. The van der Waals surface area contributed by atoms with Crippen molar-refractivity contribution < 1.29 is 0 Å². The van der Waals surface area contributed by atoms with Crippen LogP contribution in [0.2, 0.25) is 0 Å². The van der Waals surface area contributed by atoms with E-state index in [-0.39, 0.29) is 0 Å². The van der Waals surface area contributed by atoms with Crippen molar-refractivity contribution in [1.82, 2.24) is 0 Å². The largest absolute Gasteiger partial charge is 0.309 e. The van der Waals surface area contributed by atoms with E-state index < -0.39 is 0 Å². The normalized spacial score (nSPS) is 11.5. The molecule has 1 nitrogen and oxygen atoms in total. The first kappa shape index (κ1) is 39.8. The molecule has 1 aromatic heterocycles. The highest BCUT2D eigenvalue weighted by Crippen LogP contribution is 2.50. The minimum Gasteiger partial charge on any atom is -0.309 e. The number of nitrogens with zero attached hydrogens (tertiary/aromatic N) is 1. The second-order valence-corrected chi connectivity index (χ2v) is 18.7. The Labute approximate surface area is 400 Å². The molecular weight excluding hydrogens is 839 g/mol. The molecule has 0 bridgehead atoms. The Morgan fingerprint density at radius 2 is 0.662 bits per heavy atom. The van der Waals surface area contributed by atoms with Crippen molar-refractivity contribution in [3.05, 3.63) is 261 Å². The molecule has 0 spiro atoms. The molecule has 0 N–H and O–H groups in total. The molecule has 13 aromatic rings. The minimum atomic E-state index is 1.10. The molecule has 13 rings (SSSR count). The van der Waals surface area contributed by atoms with Crippen molar-refractivity contribution in [2.75, 3.05) is 4.90 Å². The molecule has 0 saturated heterocycles. The van der Waals surface area contributed by atoms with Crippen molar-refractivity contribution in [2.24, 2.45) is 0 Å². The molecule has 0 amide bonds. The lowest BCUT2D eigenvalue weighted by Gasteiger charge is -2.27. The summed E-state index contributed by atoms with van der Waals surface area (Å²) in [4.78, 5) is 2.47. The van der Waals surface area contributed by atoms with Crippen molar-refractivity contribution in [2.45, 2.75) is 0 Å². The quantitative estimate of drug-likeness (QED) is 0.147. The molecule has 0 fully saturated rings. The highest BCUT2D eigenvalue weighted by molar-refractivity contribution is 7.27. The lowest BCUT2D eigenvalue weighted by Crippen LogP contribution is -2.10. The molecule has 12 aromatic carbocycles. The van der Waals surface area contributed by atoms with Crippen molar-refractivity contribution in [3.8, 4) is 55.6 Å². The van der Waals surface area contributed by atoms with Crippen LogP contribution in [0.25, 0.3) is 108 Å². The van der Waals surface area contributed by atoms with Gasteiger partial charge in [-0.3, -0.25) is 0 Å². The molecule has 0 aliphatic carbocycles. The third-order valence-electron chi connectivity index (χ3n) is 13.6. The van der Waals surface area contributed by atoms with Crippen LogP contribution < -0.4 is 4.90 Å². The van der Waals surface area contributed by atoms with Gasteiger partial charge in [0.05, 0.1) is 10.4 Å². The molecule has 2 heteroatoms. The first-order chi connectivity index (χ1) is 33.7. The topological polar surface area (TPSA) is 3.24 Å². The Morgan fingerprint density at radius 3 is 1.26 bits per heavy atom. The van der Waals surface area contributed by atoms with Gasteiger partial charge in [0.1, 0.15) is 0 Å². The van der Waals surface area contributed by atoms with E-state index in [9.17, 15) is 0 Å². The smallest absolute Gasteiger partial charge is 0.0646 e. The van der Waals surface area contributed by atoms with E-state index in [4.69, 9.17) is 0 Å². The summed E-state index contributed by atoms with van der Waals surface area (Å²) >= 11 is 1.90. The van der Waals surface area contributed by atoms with Crippen molar-refractivity contribution in [1.29, 1.82) is 0 Å². The van der Waals surface area contributed by atoms with Gasteiger partial charge in [-0.15, -0.1) is 11.3 Å². The maximum absolute atomic E-state index is 2.47. The van der Waals surface area contributed by atoms with Crippen LogP contribution in [0.5, 0.6) is 0 Å². The van der Waals surface area contributed by atoms with E-state index in [0.29, 0.717) is 0 Å². The Bertz CT molecular complexity index is 3980. The van der Waals surface area contributed by atoms with Crippen LogP contribution >= 0.6 is 11.3 Å². The first-order valence-corrected chi connectivity index (χ1v) is 24.1. The molecule has 1 heterocycles. The summed E-state index contributed by atoms with van der Waals surface area (Å²) in [5, 5.41) is 10.1. The fourth-order valence-electron chi connectivity index (χ4n) is 10.1. The van der Waals surface area contributed by atoms with Gasteiger partial charge in [0, 0.05) is 26.8 Å². The van der Waals surface area contributed by atoms with E-state index in [0.717, 1.165) is 11.4 Å². The van der Waals surface area contributed by atoms with E-state index in [1.165, 1.54) is 114 Å². The van der Waals surface area contributed by atoms with Crippen LogP contribution in [0.15, 0.2) is 261 Å². The van der Waals surface area contributed by atoms with E-state index in [1.807, 2.05) is 11.3 Å². The Balaban J connectivity index is 0.921. The Morgan fingerprint density at radius 1 is 0.250 bits per heavy atom. The number of anilines is 3. The molecule has 0 saturated carbocycles. The summed E-state index contributed by atoms with van der Waals surface area (Å²) in [5.74, 6) is 0. The average Bonchev–Trinajstić information content (AvgIpc) is 3.82. The summed E-state index contributed by atoms with van der Waals surface area (Å²) in [6, 6.07) is 95.6. The number of fused-ring (bicyclic) bond motifs is 7. The Hall–Kier alpha value is -8.56. The van der Waals surface area contributed by atoms with Gasteiger partial charge < -0.3 is 4.90 Å². The van der Waals surface area contributed by atoms with Gasteiger partial charge in [0.2, 0.25) is 0 Å². The average molecular weight is 882 g/mol. The van der Waals surface area contributed by atoms with Crippen LogP contribution in [0.4, 0.5) is 17.1 Å². The lowest BCUT2D eigenvalue weighted by molar-refractivity contribution is 1.30. The van der Waals surface area contributed by atoms with Crippen molar-refractivity contribution >= 4 is 80.9 Å². The van der Waals surface area contributed by atoms with Gasteiger partial charge in [0.25, 0.3) is 0 Å². The second-order valence-electron chi connectivity index (χ2n) is 17.7. The number of hydrogen-bond acceptors (Lipinski definition) is 2. The number of hydrogen-bond donors (Lipinski definition) is 0. The zero-order valence-corrected chi connectivity index (χ0v) is 38.0. The van der Waals surface area contributed by atoms with Crippen LogP contribution in [0, 0.1) is 0 Å². The Kier molecular flexibility index (Phi) is 9.77. The molecule has 68 heavy (non-hydrogen) atoms. The number of thiophene rings is 1. The molecule has 0 atom stereocenters. The van der Waals surface area contributed by atoms with Gasteiger partial charge >= 0.3 is 0 Å². The molecular formula is C66H43NS. The fourth-order valence-corrected chi connectivity index (χ4v) is 11.5. The predicted molar refractivity (Wildman–Crippen MR) is 294 cm³/mol. The van der Waals surface area contributed by atoms with Crippen molar-refractivity contribution in [3.63, 3.8) is 0 Å². The maximum atomic E-state index is 2.47. The number of rotatable bonds is 8. The number of benzene rings is 12. The molecule has 0 aliphatic heterocycles. The lowest BCUT2D eigenvalue weighted by atomic mass is 9.96. The molecule has 318 valence electrons. The van der Waals surface area contributed by atoms with Gasteiger partial charge in [0.15, 0.2) is 0 Å². The second kappa shape index (κ2) is 16.7. The van der Waals surface area contributed by atoms with Crippen LogP contribution in [0.3, 0.4) is 0 Å². The van der Waals surface area contributed by atoms with E-state index >= 15 is 0 Å². The fraction of sp³-hybridized carbons (Fsp3) is 0. The van der Waals surface area contributed by atoms with Crippen LogP contribution in [-0.4, -0.2) is 0 Å². The summed E-state index contributed by atoms with van der Waals surface area (Å²) in [5.41, 5.74) is 15.5. The molecule has 0 radical (unpaired) electrons. The zero-order valence-electron chi connectivity index (χ0n) is 37.2. The summed E-state index contributed by atoms with van der Waals surface area (Å²) in [7, 11) is 0. The first-order valence-electron chi connectivity index (χ1n) is 23.3. The zero-order chi connectivity index (χ0) is 45.0. The third-order valence-corrected chi connectivity index (χ3v) is 14.9. The van der Waals surface area contributed by atoms with Gasteiger partial charge in [-0.25, -0.2) is 0 Å². The van der Waals surface area contributed by atoms with E-state index in [1.54, 1.807) is 0 Å². The van der Waals surface area contributed by atoms with Crippen LogP contribution in [-0.2, 0) is 0 Å². The molecule has 0 unspecified atom stereocenters. The van der Waals surface area contributed by atoms with Gasteiger partial charge in [-0.1, -0.05) is 212 Å². The predicted octanol–water partition coefficient (Wildman–Crippen LogP) is 19.3. The minimum absolute atomic E-state index is 1.10. The maximum Gasteiger partial charge on any atom is 0.0646 e. The van der Waals surface area contributed by atoms with Crippen LogP contribution in [0.1, 0.15) is 0 Å². The third kappa shape index (κ3) is 7.11. The monoisotopic (exact) mass is 881 g/mol. The standard InChI is InChI=1S/C66H43NS/c1-3-12-44(13-4-1)46-22-24-47(25-23-46)48-32-36-58(37-33-48)67(63-43-57-18-9-10-19-60(57)64-62-21-11-20-61(65(62)68-66(63)64)50-15-5-2-6-16-50)59-38-34-49(35-39-59)52-28-29-55-42-56(31-30-54(55)41-52)53-27-26-45-14-7-8-17-51(45)40-53/h1-43H. The SMILES string of the molecule is c1ccc(-c2ccc(-c3ccc(N(c4ccc(-c5ccc6cc(-c7ccc8ccccc8c7)ccc6c5)cc4)c4cc5ccccc5c5c4sc4c(-c6ccccc6)cccc45)cc3)cc2)cc1.